The summed E-state index contributed by atoms with van der Waals surface area (Å²) < 4.78 is 2.58. The molecule has 1 aliphatic rings. The Hall–Kier alpha value is -4.28. The van der Waals surface area contributed by atoms with Gasteiger partial charge in [-0.25, -0.2) is 9.36 Å². The van der Waals surface area contributed by atoms with Crippen molar-refractivity contribution in [1.29, 1.82) is 0 Å². The minimum Gasteiger partial charge on any atom is -0.352 e. The van der Waals surface area contributed by atoms with Crippen LogP contribution in [0.3, 0.4) is 0 Å². The van der Waals surface area contributed by atoms with Crippen molar-refractivity contribution in [3.63, 3.8) is 0 Å². The normalized spacial score (nSPS) is 13.7. The van der Waals surface area contributed by atoms with Crippen LogP contribution in [-0.4, -0.2) is 50.4 Å². The van der Waals surface area contributed by atoms with E-state index in [2.05, 4.69) is 26.1 Å². The second kappa shape index (κ2) is 10.1. The van der Waals surface area contributed by atoms with Gasteiger partial charge in [0.2, 0.25) is 11.8 Å². The highest BCUT2D eigenvalue weighted by atomic mass is 16.2. The molecule has 11 nitrogen and oxygen atoms in total. The van der Waals surface area contributed by atoms with E-state index < -0.39 is 17.5 Å². The van der Waals surface area contributed by atoms with Crippen molar-refractivity contribution in [2.24, 2.45) is 5.92 Å². The molecule has 0 saturated heterocycles. The van der Waals surface area contributed by atoms with Crippen molar-refractivity contribution in [3.05, 3.63) is 70.8 Å². The first-order valence-electron chi connectivity index (χ1n) is 11.0. The van der Waals surface area contributed by atoms with Gasteiger partial charge in [0, 0.05) is 48.7 Å². The van der Waals surface area contributed by atoms with Gasteiger partial charge in [-0.3, -0.25) is 19.2 Å². The summed E-state index contributed by atoms with van der Waals surface area (Å²) in [6.07, 6.45) is 5.12. The molecular weight excluding hydrogens is 438 g/mol. The molecule has 1 aromatic carbocycles. The predicted molar refractivity (Wildman–Crippen MR) is 123 cm³/mol. The zero-order valence-electron chi connectivity index (χ0n) is 18.6. The van der Waals surface area contributed by atoms with Gasteiger partial charge < -0.3 is 16.0 Å². The topological polar surface area (TPSA) is 140 Å². The Kier molecular flexibility index (Phi) is 6.81. The molecule has 1 atom stereocenters. The number of rotatable bonds is 9. The highest BCUT2D eigenvalue weighted by Gasteiger charge is 2.29. The zero-order valence-corrected chi connectivity index (χ0v) is 18.6. The second-order valence-electron chi connectivity index (χ2n) is 7.99. The number of hydrogen-bond donors (Lipinski definition) is 3. The Morgan fingerprint density at radius 3 is 2.47 bits per heavy atom. The van der Waals surface area contributed by atoms with Crippen LogP contribution in [-0.2, 0) is 9.59 Å². The van der Waals surface area contributed by atoms with E-state index in [-0.39, 0.29) is 30.8 Å². The van der Waals surface area contributed by atoms with Crippen LogP contribution in [0.25, 0.3) is 5.82 Å². The predicted octanol–water partition coefficient (Wildman–Crippen LogP) is 0.885. The number of aromatic nitrogens is 4. The van der Waals surface area contributed by atoms with E-state index in [4.69, 9.17) is 0 Å². The average molecular weight is 463 g/mol. The summed E-state index contributed by atoms with van der Waals surface area (Å²) in [5, 5.41) is 16.5. The van der Waals surface area contributed by atoms with E-state index >= 15 is 0 Å². The summed E-state index contributed by atoms with van der Waals surface area (Å²) in [5.74, 6) is -0.178. The minimum atomic E-state index is -0.850. The molecule has 4 rings (SSSR count). The van der Waals surface area contributed by atoms with Gasteiger partial charge in [-0.1, -0.05) is 0 Å². The lowest BCUT2D eigenvalue weighted by molar-refractivity contribution is -0.124. The standard InChI is InChI=1S/C23H25N7O4/c1-15(30-20(31)10-9-19(28-30)29-14-2-11-26-29)21(32)24-12-13-25-22(33)16-5-7-18(8-6-16)27-23(34)17-3-4-17/h2,5-11,14-15,17H,3-4,12-13H2,1H3,(H,24,32)(H,25,33)(H,27,34). The summed E-state index contributed by atoms with van der Waals surface area (Å²) in [7, 11) is 0. The molecule has 1 aliphatic carbocycles. The quantitative estimate of drug-likeness (QED) is 0.403. The van der Waals surface area contributed by atoms with Crippen molar-refractivity contribution in [3.8, 4) is 5.82 Å². The van der Waals surface area contributed by atoms with Gasteiger partial charge in [-0.05, 0) is 56.2 Å². The van der Waals surface area contributed by atoms with Crippen molar-refractivity contribution in [1.82, 2.24) is 30.2 Å². The highest BCUT2D eigenvalue weighted by Crippen LogP contribution is 2.30. The Balaban J connectivity index is 1.24. The first kappa shape index (κ1) is 22.9. The van der Waals surface area contributed by atoms with Gasteiger partial charge in [0.25, 0.3) is 11.5 Å². The maximum Gasteiger partial charge on any atom is 0.267 e. The first-order chi connectivity index (χ1) is 16.4. The monoisotopic (exact) mass is 463 g/mol. The van der Waals surface area contributed by atoms with Gasteiger partial charge in [0.15, 0.2) is 5.82 Å². The smallest absolute Gasteiger partial charge is 0.267 e. The van der Waals surface area contributed by atoms with Crippen LogP contribution < -0.4 is 21.5 Å². The number of hydrogen-bond acceptors (Lipinski definition) is 6. The number of amides is 3. The lowest BCUT2D eigenvalue weighted by Crippen LogP contribution is -2.40. The number of anilines is 1. The van der Waals surface area contributed by atoms with E-state index in [0.29, 0.717) is 17.1 Å². The summed E-state index contributed by atoms with van der Waals surface area (Å²) in [4.78, 5) is 48.8. The molecule has 2 heterocycles. The van der Waals surface area contributed by atoms with Crippen molar-refractivity contribution in [2.45, 2.75) is 25.8 Å². The van der Waals surface area contributed by atoms with Crippen LogP contribution in [0.1, 0.15) is 36.2 Å². The van der Waals surface area contributed by atoms with Crippen LogP contribution in [0.15, 0.2) is 59.7 Å². The Bertz CT molecular complexity index is 1230. The van der Waals surface area contributed by atoms with Crippen LogP contribution in [0.4, 0.5) is 5.69 Å². The molecule has 1 saturated carbocycles. The largest absolute Gasteiger partial charge is 0.352 e. The number of carbonyl (C=O) groups excluding carboxylic acids is 3. The molecule has 3 aromatic rings. The van der Waals surface area contributed by atoms with Gasteiger partial charge in [-0.15, -0.1) is 5.10 Å². The van der Waals surface area contributed by atoms with Gasteiger partial charge >= 0.3 is 0 Å². The molecule has 1 unspecified atom stereocenters. The third-order valence-corrected chi connectivity index (χ3v) is 5.37. The summed E-state index contributed by atoms with van der Waals surface area (Å²) in [5.41, 5.74) is 0.675. The van der Waals surface area contributed by atoms with E-state index in [0.717, 1.165) is 17.5 Å². The van der Waals surface area contributed by atoms with Gasteiger partial charge in [-0.2, -0.15) is 5.10 Å². The molecule has 176 valence electrons. The maximum absolute atomic E-state index is 12.5. The van der Waals surface area contributed by atoms with Crippen LogP contribution in [0.2, 0.25) is 0 Å². The van der Waals surface area contributed by atoms with Crippen molar-refractivity contribution in [2.75, 3.05) is 18.4 Å². The number of nitrogens with one attached hydrogen (secondary N) is 3. The van der Waals surface area contributed by atoms with Crippen LogP contribution >= 0.6 is 0 Å². The number of benzene rings is 1. The number of nitrogens with zero attached hydrogens (tertiary/aromatic N) is 4. The summed E-state index contributed by atoms with van der Waals surface area (Å²) in [6.45, 7) is 1.95. The third-order valence-electron chi connectivity index (χ3n) is 5.37. The molecule has 11 heteroatoms. The van der Waals surface area contributed by atoms with Crippen LogP contribution in [0, 0.1) is 5.92 Å². The molecule has 0 bridgehead atoms. The maximum atomic E-state index is 12.5. The van der Waals surface area contributed by atoms with Crippen molar-refractivity contribution < 1.29 is 14.4 Å². The molecule has 3 N–H and O–H groups in total. The molecule has 0 aliphatic heterocycles. The Morgan fingerprint density at radius 1 is 1.06 bits per heavy atom. The van der Waals surface area contributed by atoms with E-state index in [1.807, 2.05) is 0 Å². The Morgan fingerprint density at radius 2 is 1.79 bits per heavy atom. The molecule has 2 aromatic heterocycles. The molecule has 0 spiro atoms. The minimum absolute atomic E-state index is 0.00717. The Labute approximate surface area is 195 Å². The third kappa shape index (κ3) is 5.55. The van der Waals surface area contributed by atoms with Gasteiger partial charge in [0.1, 0.15) is 6.04 Å². The van der Waals surface area contributed by atoms with E-state index in [9.17, 15) is 19.2 Å². The lowest BCUT2D eigenvalue weighted by Gasteiger charge is -2.15. The van der Waals surface area contributed by atoms with E-state index in [1.54, 1.807) is 49.6 Å². The average Bonchev–Trinajstić information content (AvgIpc) is 3.56. The van der Waals surface area contributed by atoms with Crippen molar-refractivity contribution >= 4 is 23.4 Å². The molecule has 1 fully saturated rings. The first-order valence-corrected chi connectivity index (χ1v) is 11.0. The second-order valence-corrected chi connectivity index (χ2v) is 7.99. The number of carbonyl (C=O) groups is 3. The van der Waals surface area contributed by atoms with E-state index in [1.165, 1.54) is 16.8 Å². The van der Waals surface area contributed by atoms with Crippen LogP contribution in [0.5, 0.6) is 0 Å². The highest BCUT2D eigenvalue weighted by molar-refractivity contribution is 5.96. The van der Waals surface area contributed by atoms with Gasteiger partial charge in [0.05, 0.1) is 0 Å². The summed E-state index contributed by atoms with van der Waals surface area (Å²) >= 11 is 0. The molecular formula is C23H25N7O4. The lowest BCUT2D eigenvalue weighted by atomic mass is 10.2. The SMILES string of the molecule is CC(C(=O)NCCNC(=O)c1ccc(NC(=O)C2CC2)cc1)n1nc(-n2cccn2)ccc1=O. The fraction of sp³-hybridized carbons (Fsp3) is 0.304. The molecule has 34 heavy (non-hydrogen) atoms. The summed E-state index contributed by atoms with van der Waals surface area (Å²) in [6, 6.07) is 10.4. The zero-order chi connectivity index (χ0) is 24.1. The molecule has 3 amide bonds. The fourth-order valence-electron chi connectivity index (χ4n) is 3.24. The molecule has 0 radical (unpaired) electrons. The fourth-order valence-corrected chi connectivity index (χ4v) is 3.24.